The summed E-state index contributed by atoms with van der Waals surface area (Å²) < 4.78 is 2.97. The quantitative estimate of drug-likeness (QED) is 0.609. The van der Waals surface area contributed by atoms with Crippen LogP contribution < -0.4 is 0 Å². The standard InChI is InChI=1S/C16H10N2O2S/c19-16(20)11-5-6-15-17-12(9-18(15)8-11)14-7-10-3-1-2-4-13(10)21-14/h1-9H,(H,19,20). The van der Waals surface area contributed by atoms with Crippen LogP contribution in [0.15, 0.2) is 54.9 Å². The minimum absolute atomic E-state index is 0.253. The van der Waals surface area contributed by atoms with Crippen molar-refractivity contribution in [3.8, 4) is 10.6 Å². The van der Waals surface area contributed by atoms with Crippen LogP contribution in [0.1, 0.15) is 10.4 Å². The number of nitrogens with zero attached hydrogens (tertiary/aromatic N) is 2. The number of fused-ring (bicyclic) bond motifs is 2. The van der Waals surface area contributed by atoms with Gasteiger partial charge in [0.05, 0.1) is 16.1 Å². The van der Waals surface area contributed by atoms with E-state index in [1.807, 2.05) is 18.3 Å². The molecule has 4 rings (SSSR count). The van der Waals surface area contributed by atoms with E-state index in [0.717, 1.165) is 16.2 Å². The molecule has 3 aromatic heterocycles. The van der Waals surface area contributed by atoms with E-state index in [0.29, 0.717) is 0 Å². The number of thiophene rings is 1. The Labute approximate surface area is 123 Å². The number of pyridine rings is 1. The van der Waals surface area contributed by atoms with E-state index < -0.39 is 5.97 Å². The SMILES string of the molecule is O=C(O)c1ccc2nc(-c3cc4ccccc4s3)cn2c1. The lowest BCUT2D eigenvalue weighted by atomic mass is 10.2. The van der Waals surface area contributed by atoms with Crippen molar-refractivity contribution in [1.29, 1.82) is 0 Å². The third-order valence-electron chi connectivity index (χ3n) is 3.38. The number of aromatic nitrogens is 2. The Balaban J connectivity index is 1.87. The Morgan fingerprint density at radius 2 is 2.00 bits per heavy atom. The lowest BCUT2D eigenvalue weighted by Crippen LogP contribution is -1.97. The van der Waals surface area contributed by atoms with Crippen LogP contribution in [0, 0.1) is 0 Å². The van der Waals surface area contributed by atoms with Crippen molar-refractivity contribution >= 4 is 33.0 Å². The van der Waals surface area contributed by atoms with E-state index in [2.05, 4.69) is 23.2 Å². The van der Waals surface area contributed by atoms with Crippen molar-refractivity contribution < 1.29 is 9.90 Å². The van der Waals surface area contributed by atoms with Crippen LogP contribution >= 0.6 is 11.3 Å². The molecule has 1 N–H and O–H groups in total. The predicted molar refractivity (Wildman–Crippen MR) is 83.0 cm³/mol. The minimum atomic E-state index is -0.936. The van der Waals surface area contributed by atoms with Crippen molar-refractivity contribution in [2.45, 2.75) is 0 Å². The first-order chi connectivity index (χ1) is 10.2. The van der Waals surface area contributed by atoms with Gasteiger partial charge in [-0.2, -0.15) is 0 Å². The average Bonchev–Trinajstić information content (AvgIpc) is 3.09. The number of benzene rings is 1. The first kappa shape index (κ1) is 12.1. The van der Waals surface area contributed by atoms with Gasteiger partial charge in [-0.05, 0) is 29.7 Å². The fourth-order valence-electron chi connectivity index (χ4n) is 2.35. The van der Waals surface area contributed by atoms with Crippen molar-refractivity contribution in [3.05, 3.63) is 60.4 Å². The van der Waals surface area contributed by atoms with Crippen LogP contribution in [0.3, 0.4) is 0 Å². The van der Waals surface area contributed by atoms with Gasteiger partial charge in [0.25, 0.3) is 0 Å². The van der Waals surface area contributed by atoms with Gasteiger partial charge in [-0.1, -0.05) is 18.2 Å². The molecule has 1 aromatic carbocycles. The molecule has 0 aliphatic carbocycles. The van der Waals surface area contributed by atoms with Gasteiger partial charge in [-0.25, -0.2) is 9.78 Å². The summed E-state index contributed by atoms with van der Waals surface area (Å²) >= 11 is 1.68. The van der Waals surface area contributed by atoms with Gasteiger partial charge in [0.15, 0.2) is 0 Å². The molecule has 5 heteroatoms. The summed E-state index contributed by atoms with van der Waals surface area (Å²) in [5.74, 6) is -0.936. The second kappa shape index (κ2) is 4.43. The highest BCUT2D eigenvalue weighted by molar-refractivity contribution is 7.22. The van der Waals surface area contributed by atoms with E-state index in [-0.39, 0.29) is 5.56 Å². The Bertz CT molecular complexity index is 951. The third kappa shape index (κ3) is 1.98. The zero-order valence-electron chi connectivity index (χ0n) is 10.9. The smallest absolute Gasteiger partial charge is 0.337 e. The summed E-state index contributed by atoms with van der Waals surface area (Å²) in [4.78, 5) is 16.6. The molecule has 0 amide bonds. The van der Waals surface area contributed by atoms with Crippen molar-refractivity contribution in [3.63, 3.8) is 0 Å². The normalized spacial score (nSPS) is 11.2. The lowest BCUT2D eigenvalue weighted by molar-refractivity contribution is 0.0696. The highest BCUT2D eigenvalue weighted by Crippen LogP contribution is 2.32. The fraction of sp³-hybridized carbons (Fsp3) is 0. The maximum Gasteiger partial charge on any atom is 0.337 e. The Morgan fingerprint density at radius 3 is 2.81 bits per heavy atom. The van der Waals surface area contributed by atoms with Crippen LogP contribution in [0.4, 0.5) is 0 Å². The topological polar surface area (TPSA) is 54.6 Å². The number of hydrogen-bond acceptors (Lipinski definition) is 3. The Hall–Kier alpha value is -2.66. The summed E-state index contributed by atoms with van der Waals surface area (Å²) in [5.41, 5.74) is 1.86. The van der Waals surface area contributed by atoms with Gasteiger partial charge < -0.3 is 9.51 Å². The highest BCUT2D eigenvalue weighted by atomic mass is 32.1. The first-order valence-electron chi connectivity index (χ1n) is 6.42. The van der Waals surface area contributed by atoms with Crippen LogP contribution in [-0.4, -0.2) is 20.5 Å². The molecule has 3 heterocycles. The molecule has 4 nitrogen and oxygen atoms in total. The zero-order chi connectivity index (χ0) is 14.4. The van der Waals surface area contributed by atoms with Gasteiger partial charge in [0.1, 0.15) is 5.65 Å². The van der Waals surface area contributed by atoms with Gasteiger partial charge in [-0.3, -0.25) is 0 Å². The molecule has 0 saturated carbocycles. The van der Waals surface area contributed by atoms with Crippen molar-refractivity contribution in [1.82, 2.24) is 9.38 Å². The largest absolute Gasteiger partial charge is 0.478 e. The van der Waals surface area contributed by atoms with E-state index in [1.54, 1.807) is 34.1 Å². The molecule has 0 aliphatic heterocycles. The summed E-state index contributed by atoms with van der Waals surface area (Å²) in [6.07, 6.45) is 3.45. The first-order valence-corrected chi connectivity index (χ1v) is 7.23. The summed E-state index contributed by atoms with van der Waals surface area (Å²) in [6.45, 7) is 0. The average molecular weight is 294 g/mol. The Kier molecular flexibility index (Phi) is 2.55. The van der Waals surface area contributed by atoms with Crippen LogP contribution in [0.5, 0.6) is 0 Å². The Morgan fingerprint density at radius 1 is 1.14 bits per heavy atom. The minimum Gasteiger partial charge on any atom is -0.478 e. The molecule has 102 valence electrons. The van der Waals surface area contributed by atoms with Gasteiger partial charge in [0, 0.05) is 17.1 Å². The van der Waals surface area contributed by atoms with Crippen LogP contribution in [0.2, 0.25) is 0 Å². The second-order valence-electron chi connectivity index (χ2n) is 4.76. The molecule has 4 aromatic rings. The molecule has 0 atom stereocenters. The molecule has 0 aliphatic rings. The second-order valence-corrected chi connectivity index (χ2v) is 5.85. The zero-order valence-corrected chi connectivity index (χ0v) is 11.7. The van der Waals surface area contributed by atoms with Crippen LogP contribution in [0.25, 0.3) is 26.3 Å². The maximum absolute atomic E-state index is 11.0. The maximum atomic E-state index is 11.0. The van der Waals surface area contributed by atoms with E-state index >= 15 is 0 Å². The van der Waals surface area contributed by atoms with Crippen molar-refractivity contribution in [2.75, 3.05) is 0 Å². The number of aromatic carboxylic acids is 1. The van der Waals surface area contributed by atoms with E-state index in [4.69, 9.17) is 5.11 Å². The molecule has 21 heavy (non-hydrogen) atoms. The third-order valence-corrected chi connectivity index (χ3v) is 4.51. The molecule has 0 fully saturated rings. The van der Waals surface area contributed by atoms with Crippen LogP contribution in [-0.2, 0) is 0 Å². The molecule has 0 spiro atoms. The molecular weight excluding hydrogens is 284 g/mol. The number of carboxylic acids is 1. The number of carbonyl (C=O) groups is 1. The number of imidazole rings is 1. The molecule has 0 unspecified atom stereocenters. The van der Waals surface area contributed by atoms with Crippen molar-refractivity contribution in [2.24, 2.45) is 0 Å². The predicted octanol–water partition coefficient (Wildman–Crippen LogP) is 3.91. The molecule has 0 radical (unpaired) electrons. The van der Waals surface area contributed by atoms with Gasteiger partial charge >= 0.3 is 5.97 Å². The number of carboxylic acid groups (broad SMARTS) is 1. The molecule has 0 bridgehead atoms. The van der Waals surface area contributed by atoms with Gasteiger partial charge in [0.2, 0.25) is 0 Å². The van der Waals surface area contributed by atoms with E-state index in [1.165, 1.54) is 10.1 Å². The lowest BCUT2D eigenvalue weighted by Gasteiger charge is -1.95. The van der Waals surface area contributed by atoms with Gasteiger partial charge in [-0.15, -0.1) is 11.3 Å². The number of rotatable bonds is 2. The summed E-state index contributed by atoms with van der Waals surface area (Å²) in [6, 6.07) is 13.6. The summed E-state index contributed by atoms with van der Waals surface area (Å²) in [7, 11) is 0. The monoisotopic (exact) mass is 294 g/mol. The molecular formula is C16H10N2O2S. The number of hydrogen-bond donors (Lipinski definition) is 1. The highest BCUT2D eigenvalue weighted by Gasteiger charge is 2.10. The van der Waals surface area contributed by atoms with E-state index in [9.17, 15) is 4.79 Å². The summed E-state index contributed by atoms with van der Waals surface area (Å²) in [5, 5.41) is 10.2. The molecule has 0 saturated heterocycles. The fourth-order valence-corrected chi connectivity index (χ4v) is 3.36.